The Morgan fingerprint density at radius 1 is 0.304 bits per heavy atom. The Morgan fingerprint density at radius 3 is 1.64 bits per heavy atom. The summed E-state index contributed by atoms with van der Waals surface area (Å²) >= 11 is 0. The lowest BCUT2D eigenvalue weighted by atomic mass is 9.92. The van der Waals surface area contributed by atoms with Gasteiger partial charge in [0.1, 0.15) is 22.3 Å². The van der Waals surface area contributed by atoms with Crippen LogP contribution in [0.15, 0.2) is 185 Å². The number of benzene rings is 9. The van der Waals surface area contributed by atoms with Gasteiger partial charge in [-0.2, -0.15) is 0 Å². The minimum atomic E-state index is 0.560. The molecule has 260 valence electrons. The normalized spacial score (nSPS) is 11.9. The van der Waals surface area contributed by atoms with E-state index in [0.717, 1.165) is 87.9 Å². The Hall–Kier alpha value is -7.63. The van der Waals surface area contributed by atoms with Crippen LogP contribution in [0.4, 0.5) is 0 Å². The van der Waals surface area contributed by atoms with Crippen molar-refractivity contribution >= 4 is 76.2 Å². The number of rotatable bonds is 4. The van der Waals surface area contributed by atoms with Crippen LogP contribution in [0.1, 0.15) is 0 Å². The van der Waals surface area contributed by atoms with Gasteiger partial charge in [0, 0.05) is 43.8 Å². The summed E-state index contributed by atoms with van der Waals surface area (Å²) in [7, 11) is 0. The summed E-state index contributed by atoms with van der Waals surface area (Å²) < 4.78 is 13.0. The van der Waals surface area contributed by atoms with E-state index in [1.165, 1.54) is 16.2 Å². The van der Waals surface area contributed by atoms with Crippen LogP contribution in [0.3, 0.4) is 0 Å². The number of nitrogens with zero attached hydrogens (tertiary/aromatic N) is 3. The third-order valence-electron chi connectivity index (χ3n) is 11.1. The van der Waals surface area contributed by atoms with Crippen molar-refractivity contribution in [3.63, 3.8) is 0 Å². The van der Waals surface area contributed by atoms with E-state index in [4.69, 9.17) is 23.8 Å². The van der Waals surface area contributed by atoms with Gasteiger partial charge in [0.2, 0.25) is 0 Å². The predicted octanol–water partition coefficient (Wildman–Crippen LogP) is 13.8. The smallest absolute Gasteiger partial charge is 0.164 e. The summed E-state index contributed by atoms with van der Waals surface area (Å²) in [5, 5.41) is 11.1. The second-order valence-electron chi connectivity index (χ2n) is 14.4. The average molecular weight is 716 g/mol. The molecule has 3 aromatic heterocycles. The molecule has 0 atom stereocenters. The number of hydrogen-bond donors (Lipinski definition) is 0. The zero-order chi connectivity index (χ0) is 36.7. The third kappa shape index (κ3) is 4.78. The van der Waals surface area contributed by atoms with Crippen LogP contribution in [0, 0.1) is 0 Å². The van der Waals surface area contributed by atoms with Gasteiger partial charge in [-0.1, -0.05) is 133 Å². The Morgan fingerprint density at radius 2 is 0.857 bits per heavy atom. The Balaban J connectivity index is 1.09. The Labute approximate surface area is 320 Å². The predicted molar refractivity (Wildman–Crippen MR) is 229 cm³/mol. The van der Waals surface area contributed by atoms with Crippen molar-refractivity contribution in [3.8, 4) is 45.3 Å². The Kier molecular flexibility index (Phi) is 6.56. The molecule has 0 aliphatic heterocycles. The fourth-order valence-electron chi connectivity index (χ4n) is 8.43. The van der Waals surface area contributed by atoms with Gasteiger partial charge in [0.25, 0.3) is 0 Å². The highest BCUT2D eigenvalue weighted by Crippen LogP contribution is 2.43. The van der Waals surface area contributed by atoms with Gasteiger partial charge in [0.05, 0.1) is 0 Å². The van der Waals surface area contributed by atoms with Gasteiger partial charge in [-0.3, -0.25) is 0 Å². The number of hydrogen-bond acceptors (Lipinski definition) is 5. The molecule has 12 rings (SSSR count). The van der Waals surface area contributed by atoms with E-state index in [-0.39, 0.29) is 0 Å². The maximum absolute atomic E-state index is 6.76. The minimum absolute atomic E-state index is 0.560. The first-order valence-corrected chi connectivity index (χ1v) is 18.8. The molecule has 0 saturated carbocycles. The number of aromatic nitrogens is 3. The van der Waals surface area contributed by atoms with E-state index in [2.05, 4.69) is 146 Å². The fourth-order valence-corrected chi connectivity index (χ4v) is 8.43. The van der Waals surface area contributed by atoms with Gasteiger partial charge in [-0.05, 0) is 80.3 Å². The van der Waals surface area contributed by atoms with Crippen LogP contribution in [0.5, 0.6) is 0 Å². The van der Waals surface area contributed by atoms with Crippen LogP contribution in [-0.2, 0) is 0 Å². The van der Waals surface area contributed by atoms with E-state index >= 15 is 0 Å². The Bertz CT molecular complexity index is 3560. The monoisotopic (exact) mass is 715 g/mol. The highest BCUT2D eigenvalue weighted by Gasteiger charge is 2.21. The summed E-state index contributed by atoms with van der Waals surface area (Å²) in [5.74, 6) is 1.73. The van der Waals surface area contributed by atoms with Crippen molar-refractivity contribution in [1.82, 2.24) is 15.0 Å². The summed E-state index contributed by atoms with van der Waals surface area (Å²) in [6.45, 7) is 0. The van der Waals surface area contributed by atoms with Crippen molar-refractivity contribution in [1.29, 1.82) is 0 Å². The van der Waals surface area contributed by atoms with E-state index in [1.54, 1.807) is 0 Å². The van der Waals surface area contributed by atoms with E-state index in [9.17, 15) is 0 Å². The van der Waals surface area contributed by atoms with Gasteiger partial charge >= 0.3 is 0 Å². The van der Waals surface area contributed by atoms with E-state index < -0.39 is 0 Å². The van der Waals surface area contributed by atoms with Gasteiger partial charge < -0.3 is 8.83 Å². The lowest BCUT2D eigenvalue weighted by Gasteiger charge is -2.11. The maximum atomic E-state index is 6.76. The molecular weight excluding hydrogens is 687 g/mol. The molecule has 0 amide bonds. The van der Waals surface area contributed by atoms with Gasteiger partial charge in [0.15, 0.2) is 17.5 Å². The quantitative estimate of drug-likeness (QED) is 0.181. The molecule has 0 fully saturated rings. The highest BCUT2D eigenvalue weighted by molar-refractivity contribution is 6.21. The second kappa shape index (κ2) is 11.9. The van der Waals surface area contributed by atoms with Gasteiger partial charge in [-0.15, -0.1) is 0 Å². The average Bonchev–Trinajstić information content (AvgIpc) is 3.83. The molecule has 0 unspecified atom stereocenters. The lowest BCUT2D eigenvalue weighted by molar-refractivity contribution is 0.669. The van der Waals surface area contributed by atoms with Crippen molar-refractivity contribution in [2.24, 2.45) is 0 Å². The summed E-state index contributed by atoms with van der Waals surface area (Å²) in [5.41, 5.74) is 8.17. The molecular formula is C51H29N3O2. The minimum Gasteiger partial charge on any atom is -0.456 e. The topological polar surface area (TPSA) is 65.0 Å². The molecule has 3 heterocycles. The zero-order valence-electron chi connectivity index (χ0n) is 29.9. The first kappa shape index (κ1) is 30.8. The number of furan rings is 2. The van der Waals surface area contributed by atoms with Gasteiger partial charge in [-0.25, -0.2) is 15.0 Å². The van der Waals surface area contributed by atoms with Crippen molar-refractivity contribution in [2.75, 3.05) is 0 Å². The van der Waals surface area contributed by atoms with Crippen molar-refractivity contribution in [2.45, 2.75) is 0 Å². The van der Waals surface area contributed by atoms with Crippen molar-refractivity contribution < 1.29 is 8.83 Å². The molecule has 0 saturated heterocycles. The number of fused-ring (bicyclic) bond motifs is 9. The SMILES string of the molecule is c1ccc2cc(-c3nc(-c4ccc5c(c4)oc4cc6ccccc6c(-c6ccc7ccccc7c6)c45)nc(-c4cccc5oc6ccccc6c45)n3)ccc2c1. The van der Waals surface area contributed by atoms with E-state index in [1.807, 2.05) is 30.3 Å². The first-order chi connectivity index (χ1) is 27.7. The molecule has 0 radical (unpaired) electrons. The summed E-state index contributed by atoms with van der Waals surface area (Å²) in [4.78, 5) is 15.5. The largest absolute Gasteiger partial charge is 0.456 e. The molecule has 5 heteroatoms. The van der Waals surface area contributed by atoms with Crippen LogP contribution in [-0.4, -0.2) is 15.0 Å². The van der Waals surface area contributed by atoms with Crippen LogP contribution >= 0.6 is 0 Å². The first-order valence-electron chi connectivity index (χ1n) is 18.8. The molecule has 56 heavy (non-hydrogen) atoms. The van der Waals surface area contributed by atoms with Crippen molar-refractivity contribution in [3.05, 3.63) is 176 Å². The maximum Gasteiger partial charge on any atom is 0.164 e. The van der Waals surface area contributed by atoms with Crippen LogP contribution in [0.25, 0.3) is 121 Å². The lowest BCUT2D eigenvalue weighted by Crippen LogP contribution is -2.00. The molecule has 0 N–H and O–H groups in total. The summed E-state index contributed by atoms with van der Waals surface area (Å²) in [6, 6.07) is 61.1. The highest BCUT2D eigenvalue weighted by atomic mass is 16.3. The number of para-hydroxylation sites is 1. The van der Waals surface area contributed by atoms with Crippen LogP contribution < -0.4 is 0 Å². The fraction of sp³-hybridized carbons (Fsp3) is 0. The zero-order valence-corrected chi connectivity index (χ0v) is 29.9. The standard InChI is InChI=1S/C51H29N3O2/c1-3-12-32-26-35(22-20-30(32)10-1)46-38-15-6-5-14-34(38)28-45-48(46)40-25-24-37(29-44(40)56-45)50-52-49(36-23-21-31-11-2-4-13-33(31)27-36)53-51(54-50)41-17-9-19-43-47(41)39-16-7-8-18-42(39)55-43/h1-29H. The molecule has 0 aliphatic carbocycles. The molecule has 5 nitrogen and oxygen atoms in total. The second-order valence-corrected chi connectivity index (χ2v) is 14.4. The van der Waals surface area contributed by atoms with E-state index in [0.29, 0.717) is 17.5 Å². The summed E-state index contributed by atoms with van der Waals surface area (Å²) in [6.07, 6.45) is 0. The molecule has 0 bridgehead atoms. The molecule has 0 spiro atoms. The van der Waals surface area contributed by atoms with Crippen LogP contribution in [0.2, 0.25) is 0 Å². The molecule has 9 aromatic carbocycles. The third-order valence-corrected chi connectivity index (χ3v) is 11.1. The molecule has 12 aromatic rings. The molecule has 0 aliphatic rings.